The summed E-state index contributed by atoms with van der Waals surface area (Å²) in [6.07, 6.45) is 4.68. The van der Waals surface area contributed by atoms with E-state index >= 15 is 0 Å². The zero-order chi connectivity index (χ0) is 21.5. The van der Waals surface area contributed by atoms with Gasteiger partial charge in [-0.25, -0.2) is 15.0 Å². The number of nitrogens with zero attached hydrogens (tertiary/aromatic N) is 4. The molecule has 0 aliphatic heterocycles. The predicted octanol–water partition coefficient (Wildman–Crippen LogP) is 2.44. The van der Waals surface area contributed by atoms with E-state index in [0.717, 1.165) is 39.7 Å². The molecule has 8 nitrogen and oxygen atoms in total. The highest BCUT2D eigenvalue weighted by atomic mass is 16.3. The van der Waals surface area contributed by atoms with Gasteiger partial charge in [-0.1, -0.05) is 18.2 Å². The molecule has 1 aliphatic rings. The Morgan fingerprint density at radius 2 is 1.94 bits per heavy atom. The van der Waals surface area contributed by atoms with E-state index in [1.807, 2.05) is 42.1 Å². The predicted molar refractivity (Wildman–Crippen MR) is 121 cm³/mol. The standard InChI is InChI=1S/C23H24N6O2/c1-25-19-7-6-14-4-2-13(10-17(14)28-19)3-5-15-11-18(21(31)20(15)30)29-9-8-16-22(24)26-12-27-23(16)29/h2,4,6-12,18,20-21,30-31H,3,5H2,1H3,(H,25,28)(H2,24,26,27)/t18?,20?,21-/m1/s1. The van der Waals surface area contributed by atoms with Gasteiger partial charge < -0.3 is 25.8 Å². The van der Waals surface area contributed by atoms with Crippen LogP contribution in [0.5, 0.6) is 0 Å². The summed E-state index contributed by atoms with van der Waals surface area (Å²) in [7, 11) is 1.85. The lowest BCUT2D eigenvalue weighted by atomic mass is 10.0. The number of hydrogen-bond acceptors (Lipinski definition) is 7. The Labute approximate surface area is 179 Å². The molecule has 3 heterocycles. The quantitative estimate of drug-likeness (QED) is 0.369. The summed E-state index contributed by atoms with van der Waals surface area (Å²) in [5, 5.41) is 26.2. The van der Waals surface area contributed by atoms with Crippen LogP contribution in [0.4, 0.5) is 11.6 Å². The monoisotopic (exact) mass is 416 g/mol. The second-order valence-corrected chi connectivity index (χ2v) is 7.86. The highest BCUT2D eigenvalue weighted by Crippen LogP contribution is 2.34. The zero-order valence-corrected chi connectivity index (χ0v) is 17.1. The topological polar surface area (TPSA) is 122 Å². The minimum Gasteiger partial charge on any atom is -0.388 e. The number of aromatic nitrogens is 4. The van der Waals surface area contributed by atoms with Crippen molar-refractivity contribution in [1.29, 1.82) is 0 Å². The van der Waals surface area contributed by atoms with Crippen molar-refractivity contribution in [1.82, 2.24) is 19.5 Å². The first-order valence-corrected chi connectivity index (χ1v) is 10.3. The van der Waals surface area contributed by atoms with Crippen LogP contribution >= 0.6 is 0 Å². The lowest BCUT2D eigenvalue weighted by Crippen LogP contribution is -2.29. The van der Waals surface area contributed by atoms with Crippen molar-refractivity contribution in [2.24, 2.45) is 0 Å². The summed E-state index contributed by atoms with van der Waals surface area (Å²) in [5.41, 5.74) is 9.45. The van der Waals surface area contributed by atoms with Gasteiger partial charge in [-0.3, -0.25) is 0 Å². The fourth-order valence-electron chi connectivity index (χ4n) is 4.28. The molecule has 3 atom stereocenters. The molecule has 0 bridgehead atoms. The maximum absolute atomic E-state index is 10.7. The molecule has 0 fully saturated rings. The molecule has 0 amide bonds. The molecule has 31 heavy (non-hydrogen) atoms. The van der Waals surface area contributed by atoms with Crippen molar-refractivity contribution >= 4 is 33.6 Å². The largest absolute Gasteiger partial charge is 0.388 e. The molecule has 5 rings (SSSR count). The number of rotatable bonds is 5. The number of hydrogen-bond donors (Lipinski definition) is 4. The van der Waals surface area contributed by atoms with Gasteiger partial charge >= 0.3 is 0 Å². The van der Waals surface area contributed by atoms with E-state index in [4.69, 9.17) is 5.73 Å². The van der Waals surface area contributed by atoms with Gasteiger partial charge in [-0.2, -0.15) is 0 Å². The second-order valence-electron chi connectivity index (χ2n) is 7.86. The molecule has 0 radical (unpaired) electrons. The number of nitrogens with two attached hydrogens (primary N) is 1. The van der Waals surface area contributed by atoms with E-state index in [1.165, 1.54) is 6.33 Å². The maximum Gasteiger partial charge on any atom is 0.146 e. The first-order chi connectivity index (χ1) is 15.0. The minimum atomic E-state index is -0.946. The molecule has 158 valence electrons. The Balaban J connectivity index is 1.39. The SMILES string of the molecule is CNc1ccc2ccc(CCC3=CC(n4ccc5c(N)ncnc54)[C@@H](O)C3O)cc2n1. The van der Waals surface area contributed by atoms with Crippen LogP contribution in [0.2, 0.25) is 0 Å². The number of nitrogen functional groups attached to an aromatic ring is 1. The Morgan fingerprint density at radius 3 is 2.77 bits per heavy atom. The summed E-state index contributed by atoms with van der Waals surface area (Å²) in [6, 6.07) is 11.6. The number of benzene rings is 1. The number of nitrogens with one attached hydrogen (secondary N) is 1. The van der Waals surface area contributed by atoms with Gasteiger partial charge in [-0.15, -0.1) is 0 Å². The maximum atomic E-state index is 10.7. The summed E-state index contributed by atoms with van der Waals surface area (Å²) in [4.78, 5) is 12.9. The van der Waals surface area contributed by atoms with Crippen LogP contribution in [0, 0.1) is 0 Å². The smallest absolute Gasteiger partial charge is 0.146 e. The highest BCUT2D eigenvalue weighted by Gasteiger charge is 2.36. The third-order valence-electron chi connectivity index (χ3n) is 6.01. The van der Waals surface area contributed by atoms with Gasteiger partial charge in [0.25, 0.3) is 0 Å². The Morgan fingerprint density at radius 1 is 1.10 bits per heavy atom. The summed E-state index contributed by atoms with van der Waals surface area (Å²) < 4.78 is 1.84. The number of aliphatic hydroxyl groups is 2. The molecule has 3 aromatic heterocycles. The van der Waals surface area contributed by atoms with Crippen molar-refractivity contribution in [2.45, 2.75) is 31.1 Å². The van der Waals surface area contributed by atoms with Gasteiger partial charge in [0.05, 0.1) is 16.9 Å². The Hall–Kier alpha value is -3.49. The lowest BCUT2D eigenvalue weighted by molar-refractivity contribution is 0.0317. The van der Waals surface area contributed by atoms with Gasteiger partial charge in [0.2, 0.25) is 0 Å². The molecule has 2 unspecified atom stereocenters. The summed E-state index contributed by atoms with van der Waals surface area (Å²) in [6.45, 7) is 0. The molecule has 1 aromatic carbocycles. The average Bonchev–Trinajstić information content (AvgIpc) is 3.34. The zero-order valence-electron chi connectivity index (χ0n) is 17.1. The second kappa shape index (κ2) is 7.64. The van der Waals surface area contributed by atoms with Gasteiger partial charge in [-0.05, 0) is 48.2 Å². The van der Waals surface area contributed by atoms with Crippen LogP contribution in [0.25, 0.3) is 21.9 Å². The number of aryl methyl sites for hydroxylation is 1. The first kappa shape index (κ1) is 19.5. The summed E-state index contributed by atoms with van der Waals surface area (Å²) in [5.74, 6) is 1.22. The molecule has 0 saturated heterocycles. The van der Waals surface area contributed by atoms with Crippen molar-refractivity contribution < 1.29 is 10.2 Å². The van der Waals surface area contributed by atoms with Crippen molar-refractivity contribution in [3.8, 4) is 0 Å². The lowest BCUT2D eigenvalue weighted by Gasteiger charge is -2.19. The molecule has 5 N–H and O–H groups in total. The van der Waals surface area contributed by atoms with Crippen LogP contribution in [0.15, 0.2) is 60.6 Å². The number of aliphatic hydroxyl groups excluding tert-OH is 2. The Kier molecular flexibility index (Phi) is 4.80. The molecule has 0 saturated carbocycles. The number of anilines is 2. The normalized spacial score (nSPS) is 21.0. The Bertz CT molecular complexity index is 1300. The molecular weight excluding hydrogens is 392 g/mol. The van der Waals surface area contributed by atoms with Gasteiger partial charge in [0, 0.05) is 18.6 Å². The van der Waals surface area contributed by atoms with E-state index in [0.29, 0.717) is 17.9 Å². The minimum absolute atomic E-state index is 0.396. The van der Waals surface area contributed by atoms with Crippen molar-refractivity contribution in [3.63, 3.8) is 0 Å². The van der Waals surface area contributed by atoms with E-state index < -0.39 is 18.2 Å². The first-order valence-electron chi connectivity index (χ1n) is 10.3. The van der Waals surface area contributed by atoms with Crippen LogP contribution in [0.1, 0.15) is 18.0 Å². The van der Waals surface area contributed by atoms with Crippen molar-refractivity contribution in [3.05, 3.63) is 66.1 Å². The van der Waals surface area contributed by atoms with E-state index in [2.05, 4.69) is 38.5 Å². The third-order valence-corrected chi connectivity index (χ3v) is 6.01. The van der Waals surface area contributed by atoms with Gasteiger partial charge in [0.1, 0.15) is 35.8 Å². The third kappa shape index (κ3) is 3.39. The fraction of sp³-hybridized carbons (Fsp3) is 0.261. The van der Waals surface area contributed by atoms with Gasteiger partial charge in [0.15, 0.2) is 0 Å². The van der Waals surface area contributed by atoms with E-state index in [-0.39, 0.29) is 0 Å². The molecule has 0 spiro atoms. The molecule has 1 aliphatic carbocycles. The van der Waals surface area contributed by atoms with Crippen LogP contribution in [-0.4, -0.2) is 49.0 Å². The number of fused-ring (bicyclic) bond motifs is 2. The average molecular weight is 416 g/mol. The van der Waals surface area contributed by atoms with Crippen LogP contribution in [-0.2, 0) is 6.42 Å². The molecule has 8 heteroatoms. The number of pyridine rings is 1. The van der Waals surface area contributed by atoms with E-state index in [9.17, 15) is 10.2 Å². The molecule has 4 aromatic rings. The van der Waals surface area contributed by atoms with Crippen molar-refractivity contribution in [2.75, 3.05) is 18.1 Å². The fourth-order valence-corrected chi connectivity index (χ4v) is 4.28. The van der Waals surface area contributed by atoms with Crippen LogP contribution < -0.4 is 11.1 Å². The molecular formula is C23H24N6O2. The van der Waals surface area contributed by atoms with Crippen LogP contribution in [0.3, 0.4) is 0 Å². The van der Waals surface area contributed by atoms with E-state index in [1.54, 1.807) is 0 Å². The summed E-state index contributed by atoms with van der Waals surface area (Å²) >= 11 is 0. The highest BCUT2D eigenvalue weighted by molar-refractivity contribution is 5.86.